The van der Waals surface area contributed by atoms with Crippen molar-refractivity contribution < 1.29 is 4.39 Å². The van der Waals surface area contributed by atoms with Gasteiger partial charge in [-0.1, -0.05) is 17.7 Å². The van der Waals surface area contributed by atoms with Crippen LogP contribution in [0.5, 0.6) is 0 Å². The van der Waals surface area contributed by atoms with E-state index in [1.807, 2.05) is 0 Å². The summed E-state index contributed by atoms with van der Waals surface area (Å²) >= 11 is 5.97. The van der Waals surface area contributed by atoms with E-state index >= 15 is 0 Å². The number of anilines is 1. The molecule has 6 heteroatoms. The number of aromatic amines is 1. The minimum atomic E-state index is -0.363. The Morgan fingerprint density at radius 2 is 2.19 bits per heavy atom. The van der Waals surface area contributed by atoms with Crippen molar-refractivity contribution in [1.82, 2.24) is 9.97 Å². The normalized spacial score (nSPS) is 10.5. The molecule has 104 valence electrons. The fraction of sp³-hybridized carbons (Fsp3) is 0.0667. The van der Waals surface area contributed by atoms with Crippen molar-refractivity contribution in [2.24, 2.45) is 0 Å². The van der Waals surface area contributed by atoms with Gasteiger partial charge in [-0.2, -0.15) is 5.26 Å². The smallest absolute Gasteiger partial charge is 0.201 e. The number of nitrogens with zero attached hydrogens (tertiary/aromatic N) is 2. The molecule has 0 fully saturated rings. The molecule has 21 heavy (non-hydrogen) atoms. The van der Waals surface area contributed by atoms with E-state index in [2.05, 4.69) is 21.4 Å². The van der Waals surface area contributed by atoms with Gasteiger partial charge in [0.2, 0.25) is 5.95 Å². The van der Waals surface area contributed by atoms with Gasteiger partial charge in [0.15, 0.2) is 0 Å². The van der Waals surface area contributed by atoms with E-state index in [0.717, 1.165) is 11.0 Å². The Labute approximate surface area is 125 Å². The molecule has 0 aliphatic carbocycles. The Morgan fingerprint density at radius 1 is 1.33 bits per heavy atom. The number of hydrogen-bond acceptors (Lipinski definition) is 3. The van der Waals surface area contributed by atoms with E-state index in [4.69, 9.17) is 16.9 Å². The van der Waals surface area contributed by atoms with Crippen LogP contribution in [-0.4, -0.2) is 9.97 Å². The summed E-state index contributed by atoms with van der Waals surface area (Å²) in [5, 5.41) is 12.2. The molecule has 0 saturated carbocycles. The molecular weight excluding hydrogens is 291 g/mol. The van der Waals surface area contributed by atoms with Gasteiger partial charge in [-0.05, 0) is 30.3 Å². The lowest BCUT2D eigenvalue weighted by molar-refractivity contribution is 0.613. The molecule has 0 atom stereocenters. The Balaban J connectivity index is 1.84. The quantitative estimate of drug-likeness (QED) is 0.772. The van der Waals surface area contributed by atoms with E-state index in [-0.39, 0.29) is 12.4 Å². The average Bonchev–Trinajstić information content (AvgIpc) is 2.88. The Hall–Kier alpha value is -2.58. The molecule has 0 unspecified atom stereocenters. The third kappa shape index (κ3) is 2.67. The summed E-state index contributed by atoms with van der Waals surface area (Å²) in [5.41, 5.74) is 2.42. The topological polar surface area (TPSA) is 64.5 Å². The van der Waals surface area contributed by atoms with Gasteiger partial charge in [-0.3, -0.25) is 0 Å². The van der Waals surface area contributed by atoms with Crippen LogP contribution in [0.25, 0.3) is 11.0 Å². The monoisotopic (exact) mass is 300 g/mol. The number of nitrogens with one attached hydrogen (secondary N) is 2. The second kappa shape index (κ2) is 5.43. The Bertz CT molecular complexity index is 830. The second-order valence-corrected chi connectivity index (χ2v) is 4.89. The highest BCUT2D eigenvalue weighted by atomic mass is 35.5. The summed E-state index contributed by atoms with van der Waals surface area (Å²) in [6, 6.07) is 11.8. The minimum Gasteiger partial charge on any atom is -0.352 e. The van der Waals surface area contributed by atoms with Crippen molar-refractivity contribution in [1.29, 1.82) is 5.26 Å². The van der Waals surface area contributed by atoms with Crippen LogP contribution in [0.3, 0.4) is 0 Å². The lowest BCUT2D eigenvalue weighted by atomic mass is 10.2. The number of rotatable bonds is 3. The standard InChI is InChI=1S/C15H10ClFN4/c16-11-2-1-3-12(17)10(11)8-19-15-20-13-5-4-9(7-18)6-14(13)21-15/h1-6H,8H2,(H2,19,20,21). The lowest BCUT2D eigenvalue weighted by Gasteiger charge is -2.06. The van der Waals surface area contributed by atoms with Crippen LogP contribution < -0.4 is 5.32 Å². The predicted octanol–water partition coefficient (Wildman–Crippen LogP) is 3.84. The summed E-state index contributed by atoms with van der Waals surface area (Å²) in [6.45, 7) is 0.219. The zero-order valence-corrected chi connectivity index (χ0v) is 11.6. The fourth-order valence-electron chi connectivity index (χ4n) is 2.04. The SMILES string of the molecule is N#Cc1ccc2nc(NCc3c(F)cccc3Cl)[nH]c2c1. The number of imidazole rings is 1. The van der Waals surface area contributed by atoms with Gasteiger partial charge in [-0.25, -0.2) is 9.37 Å². The summed E-state index contributed by atoms with van der Waals surface area (Å²) in [4.78, 5) is 7.36. The highest BCUT2D eigenvalue weighted by Gasteiger charge is 2.08. The van der Waals surface area contributed by atoms with Gasteiger partial charge >= 0.3 is 0 Å². The number of halogens is 2. The van der Waals surface area contributed by atoms with E-state index in [0.29, 0.717) is 22.1 Å². The average molecular weight is 301 g/mol. The molecule has 0 radical (unpaired) electrons. The predicted molar refractivity (Wildman–Crippen MR) is 79.5 cm³/mol. The van der Waals surface area contributed by atoms with Crippen molar-refractivity contribution in [3.63, 3.8) is 0 Å². The van der Waals surface area contributed by atoms with E-state index in [1.54, 1.807) is 30.3 Å². The number of nitriles is 1. The second-order valence-electron chi connectivity index (χ2n) is 4.48. The molecule has 0 aliphatic rings. The van der Waals surface area contributed by atoms with E-state index < -0.39 is 0 Å². The van der Waals surface area contributed by atoms with Gasteiger partial charge in [0.1, 0.15) is 5.82 Å². The highest BCUT2D eigenvalue weighted by molar-refractivity contribution is 6.31. The maximum atomic E-state index is 13.7. The van der Waals surface area contributed by atoms with Crippen LogP contribution in [0.4, 0.5) is 10.3 Å². The number of hydrogen-bond donors (Lipinski definition) is 2. The number of benzene rings is 2. The van der Waals surface area contributed by atoms with Crippen molar-refractivity contribution in [2.75, 3.05) is 5.32 Å². The molecule has 3 rings (SSSR count). The van der Waals surface area contributed by atoms with Crippen molar-refractivity contribution in [3.8, 4) is 6.07 Å². The lowest BCUT2D eigenvalue weighted by Crippen LogP contribution is -2.03. The van der Waals surface area contributed by atoms with Crippen LogP contribution >= 0.6 is 11.6 Å². The zero-order valence-electron chi connectivity index (χ0n) is 10.8. The molecule has 1 heterocycles. The Kier molecular flexibility index (Phi) is 3.46. The molecule has 0 bridgehead atoms. The Morgan fingerprint density at radius 3 is 2.95 bits per heavy atom. The third-order valence-corrected chi connectivity index (χ3v) is 3.46. The van der Waals surface area contributed by atoms with Crippen molar-refractivity contribution in [3.05, 3.63) is 58.4 Å². The fourth-order valence-corrected chi connectivity index (χ4v) is 2.27. The number of H-pyrrole nitrogens is 1. The van der Waals surface area contributed by atoms with Crippen LogP contribution in [0, 0.1) is 17.1 Å². The van der Waals surface area contributed by atoms with Crippen molar-refractivity contribution >= 4 is 28.6 Å². The van der Waals surface area contributed by atoms with Gasteiger partial charge in [0, 0.05) is 17.1 Å². The molecule has 0 spiro atoms. The molecule has 4 nitrogen and oxygen atoms in total. The molecular formula is C15H10ClFN4. The van der Waals surface area contributed by atoms with Crippen LogP contribution in [0.1, 0.15) is 11.1 Å². The largest absolute Gasteiger partial charge is 0.352 e. The first kappa shape index (κ1) is 13.4. The van der Waals surface area contributed by atoms with Crippen LogP contribution in [-0.2, 0) is 6.54 Å². The van der Waals surface area contributed by atoms with Gasteiger partial charge in [0.05, 0.1) is 22.7 Å². The van der Waals surface area contributed by atoms with Gasteiger partial charge < -0.3 is 10.3 Å². The van der Waals surface area contributed by atoms with Crippen LogP contribution in [0.15, 0.2) is 36.4 Å². The molecule has 0 amide bonds. The first-order chi connectivity index (χ1) is 10.2. The summed E-state index contributed by atoms with van der Waals surface area (Å²) in [5.74, 6) is 0.136. The molecule has 3 aromatic rings. The number of aromatic nitrogens is 2. The molecule has 2 N–H and O–H groups in total. The maximum Gasteiger partial charge on any atom is 0.201 e. The number of fused-ring (bicyclic) bond motifs is 1. The van der Waals surface area contributed by atoms with Gasteiger partial charge in [0.25, 0.3) is 0 Å². The minimum absolute atomic E-state index is 0.219. The van der Waals surface area contributed by atoms with Gasteiger partial charge in [-0.15, -0.1) is 0 Å². The van der Waals surface area contributed by atoms with Crippen molar-refractivity contribution in [2.45, 2.75) is 6.54 Å². The summed E-state index contributed by atoms with van der Waals surface area (Å²) in [6.07, 6.45) is 0. The molecule has 0 saturated heterocycles. The van der Waals surface area contributed by atoms with E-state index in [9.17, 15) is 4.39 Å². The third-order valence-electron chi connectivity index (χ3n) is 3.11. The summed E-state index contributed by atoms with van der Waals surface area (Å²) in [7, 11) is 0. The van der Waals surface area contributed by atoms with E-state index in [1.165, 1.54) is 6.07 Å². The molecule has 1 aromatic heterocycles. The zero-order chi connectivity index (χ0) is 14.8. The molecule has 2 aromatic carbocycles. The molecule has 0 aliphatic heterocycles. The van der Waals surface area contributed by atoms with Crippen LogP contribution in [0.2, 0.25) is 5.02 Å². The maximum absolute atomic E-state index is 13.7. The first-order valence-electron chi connectivity index (χ1n) is 6.24. The first-order valence-corrected chi connectivity index (χ1v) is 6.62. The highest BCUT2D eigenvalue weighted by Crippen LogP contribution is 2.21. The summed E-state index contributed by atoms with van der Waals surface area (Å²) < 4.78 is 13.7.